The highest BCUT2D eigenvalue weighted by Gasteiger charge is 2.17. The van der Waals surface area contributed by atoms with Gasteiger partial charge < -0.3 is 14.6 Å². The quantitative estimate of drug-likeness (QED) is 0.505. The standard InChI is InChI=1S/C11H20O5/c1-3-5-9(13)15-11(7-8-12)16-10(14)6-4-2/h11-12H,3-8H2,1-2H3. The Kier molecular flexibility index (Phi) is 8.52. The molecule has 0 aromatic rings. The van der Waals surface area contributed by atoms with Crippen molar-refractivity contribution in [2.24, 2.45) is 0 Å². The van der Waals surface area contributed by atoms with Crippen molar-refractivity contribution in [3.05, 3.63) is 0 Å². The first-order valence-corrected chi connectivity index (χ1v) is 5.63. The Bertz CT molecular complexity index is 194. The van der Waals surface area contributed by atoms with Crippen molar-refractivity contribution in [3.63, 3.8) is 0 Å². The zero-order valence-corrected chi connectivity index (χ0v) is 9.90. The van der Waals surface area contributed by atoms with Crippen molar-refractivity contribution < 1.29 is 24.2 Å². The minimum absolute atomic E-state index is 0.116. The molecule has 0 aromatic heterocycles. The number of ether oxygens (including phenoxy) is 2. The molecule has 0 heterocycles. The average Bonchev–Trinajstić information content (AvgIpc) is 2.18. The van der Waals surface area contributed by atoms with E-state index in [-0.39, 0.29) is 25.9 Å². The van der Waals surface area contributed by atoms with Gasteiger partial charge in [0.05, 0.1) is 6.61 Å². The Morgan fingerprint density at radius 1 is 1.06 bits per heavy atom. The Hall–Kier alpha value is -1.10. The molecule has 0 aliphatic heterocycles. The van der Waals surface area contributed by atoms with Crippen LogP contribution in [0.1, 0.15) is 46.0 Å². The molecule has 1 N–H and O–H groups in total. The molecule has 0 amide bonds. The molecule has 0 aliphatic carbocycles. The van der Waals surface area contributed by atoms with Gasteiger partial charge in [-0.3, -0.25) is 9.59 Å². The molecule has 0 atom stereocenters. The van der Waals surface area contributed by atoms with E-state index in [9.17, 15) is 9.59 Å². The van der Waals surface area contributed by atoms with E-state index in [4.69, 9.17) is 14.6 Å². The van der Waals surface area contributed by atoms with E-state index in [0.29, 0.717) is 12.8 Å². The van der Waals surface area contributed by atoms with Crippen LogP contribution >= 0.6 is 0 Å². The lowest BCUT2D eigenvalue weighted by Gasteiger charge is -2.17. The van der Waals surface area contributed by atoms with Crippen LogP contribution in [-0.2, 0) is 19.1 Å². The lowest BCUT2D eigenvalue weighted by Crippen LogP contribution is -2.25. The highest BCUT2D eigenvalue weighted by atomic mass is 16.7. The average molecular weight is 232 g/mol. The predicted octanol–water partition coefficient (Wildman–Crippen LogP) is 1.38. The molecule has 0 saturated carbocycles. The lowest BCUT2D eigenvalue weighted by atomic mass is 10.3. The van der Waals surface area contributed by atoms with Crippen LogP contribution in [-0.4, -0.2) is 29.9 Å². The van der Waals surface area contributed by atoms with Crippen LogP contribution in [0.4, 0.5) is 0 Å². The zero-order valence-electron chi connectivity index (χ0n) is 9.90. The molecule has 0 spiro atoms. The molecule has 5 heteroatoms. The third kappa shape index (κ3) is 7.23. The maximum absolute atomic E-state index is 11.2. The number of hydrogen-bond acceptors (Lipinski definition) is 5. The largest absolute Gasteiger partial charge is 0.425 e. The van der Waals surface area contributed by atoms with E-state index < -0.39 is 18.2 Å². The summed E-state index contributed by atoms with van der Waals surface area (Å²) in [6.07, 6.45) is 1.08. The van der Waals surface area contributed by atoms with E-state index in [1.54, 1.807) is 0 Å². The van der Waals surface area contributed by atoms with E-state index in [1.165, 1.54) is 0 Å². The van der Waals surface area contributed by atoms with Crippen LogP contribution in [0, 0.1) is 0 Å². The van der Waals surface area contributed by atoms with Gasteiger partial charge in [-0.05, 0) is 12.8 Å². The van der Waals surface area contributed by atoms with Crippen LogP contribution in [0.2, 0.25) is 0 Å². The summed E-state index contributed by atoms with van der Waals surface area (Å²) >= 11 is 0. The maximum atomic E-state index is 11.2. The summed E-state index contributed by atoms with van der Waals surface area (Å²) < 4.78 is 9.81. The van der Waals surface area contributed by atoms with Crippen molar-refractivity contribution in [1.29, 1.82) is 0 Å². The number of aliphatic hydroxyl groups is 1. The molecular formula is C11H20O5. The fourth-order valence-corrected chi connectivity index (χ4v) is 1.07. The zero-order chi connectivity index (χ0) is 12.4. The Labute approximate surface area is 95.7 Å². The fourth-order valence-electron chi connectivity index (χ4n) is 1.07. The van der Waals surface area contributed by atoms with E-state index in [1.807, 2.05) is 13.8 Å². The van der Waals surface area contributed by atoms with Gasteiger partial charge in [0.25, 0.3) is 0 Å². The number of carbonyl (C=O) groups is 2. The molecule has 0 radical (unpaired) electrons. The van der Waals surface area contributed by atoms with Crippen molar-refractivity contribution in [1.82, 2.24) is 0 Å². The van der Waals surface area contributed by atoms with Gasteiger partial charge in [-0.1, -0.05) is 13.8 Å². The molecule has 0 fully saturated rings. The molecular weight excluding hydrogens is 212 g/mol. The summed E-state index contributed by atoms with van der Waals surface area (Å²) in [5, 5.41) is 8.74. The minimum Gasteiger partial charge on any atom is -0.425 e. The van der Waals surface area contributed by atoms with Gasteiger partial charge in [0.2, 0.25) is 6.29 Å². The Morgan fingerprint density at radius 3 is 1.81 bits per heavy atom. The molecule has 16 heavy (non-hydrogen) atoms. The van der Waals surface area contributed by atoms with Gasteiger partial charge in [0.15, 0.2) is 0 Å². The highest BCUT2D eigenvalue weighted by Crippen LogP contribution is 2.06. The van der Waals surface area contributed by atoms with Crippen molar-refractivity contribution in [2.45, 2.75) is 52.2 Å². The van der Waals surface area contributed by atoms with Crippen molar-refractivity contribution in [2.75, 3.05) is 6.61 Å². The molecule has 5 nitrogen and oxygen atoms in total. The normalized spacial score (nSPS) is 10.2. The molecule has 0 rings (SSSR count). The summed E-state index contributed by atoms with van der Waals surface area (Å²) in [6.45, 7) is 3.51. The predicted molar refractivity (Wildman–Crippen MR) is 57.5 cm³/mol. The van der Waals surface area contributed by atoms with Gasteiger partial charge in [0, 0.05) is 19.3 Å². The second-order valence-corrected chi connectivity index (χ2v) is 3.42. The molecule has 0 saturated heterocycles. The summed E-state index contributed by atoms with van der Waals surface area (Å²) in [6, 6.07) is 0. The van der Waals surface area contributed by atoms with Crippen LogP contribution in [0.3, 0.4) is 0 Å². The van der Waals surface area contributed by atoms with Crippen molar-refractivity contribution >= 4 is 11.9 Å². The van der Waals surface area contributed by atoms with Crippen LogP contribution < -0.4 is 0 Å². The van der Waals surface area contributed by atoms with Gasteiger partial charge in [-0.15, -0.1) is 0 Å². The van der Waals surface area contributed by atoms with E-state index in [2.05, 4.69) is 0 Å². The van der Waals surface area contributed by atoms with Crippen molar-refractivity contribution in [3.8, 4) is 0 Å². The molecule has 0 aliphatic rings. The molecule has 0 aromatic carbocycles. The van der Waals surface area contributed by atoms with E-state index >= 15 is 0 Å². The molecule has 94 valence electrons. The Morgan fingerprint density at radius 2 is 1.50 bits per heavy atom. The number of carbonyl (C=O) groups excluding carboxylic acids is 2. The second-order valence-electron chi connectivity index (χ2n) is 3.42. The highest BCUT2D eigenvalue weighted by molar-refractivity contribution is 5.71. The summed E-state index contributed by atoms with van der Waals surface area (Å²) in [4.78, 5) is 22.3. The minimum atomic E-state index is -0.955. The molecule has 0 bridgehead atoms. The summed E-state index contributed by atoms with van der Waals surface area (Å²) in [5.74, 6) is -0.824. The van der Waals surface area contributed by atoms with Gasteiger partial charge in [0.1, 0.15) is 0 Å². The molecule has 0 unspecified atom stereocenters. The van der Waals surface area contributed by atoms with Gasteiger partial charge in [-0.2, -0.15) is 0 Å². The number of hydrogen-bond donors (Lipinski definition) is 1. The SMILES string of the molecule is CCCC(=O)OC(CCO)OC(=O)CCC. The monoisotopic (exact) mass is 232 g/mol. The van der Waals surface area contributed by atoms with E-state index in [0.717, 1.165) is 0 Å². The number of aliphatic hydroxyl groups excluding tert-OH is 1. The van der Waals surface area contributed by atoms with Crippen LogP contribution in [0.25, 0.3) is 0 Å². The summed E-state index contributed by atoms with van der Waals surface area (Å²) in [7, 11) is 0. The maximum Gasteiger partial charge on any atom is 0.308 e. The first-order chi connectivity index (χ1) is 7.63. The fraction of sp³-hybridized carbons (Fsp3) is 0.818. The first kappa shape index (κ1) is 14.9. The first-order valence-electron chi connectivity index (χ1n) is 5.63. The smallest absolute Gasteiger partial charge is 0.308 e. The number of rotatable bonds is 8. The topological polar surface area (TPSA) is 72.8 Å². The summed E-state index contributed by atoms with van der Waals surface area (Å²) in [5.41, 5.74) is 0. The van der Waals surface area contributed by atoms with Gasteiger partial charge in [-0.25, -0.2) is 0 Å². The third-order valence-corrected chi connectivity index (χ3v) is 1.80. The second kappa shape index (κ2) is 9.15. The van der Waals surface area contributed by atoms with Crippen LogP contribution in [0.5, 0.6) is 0 Å². The van der Waals surface area contributed by atoms with Crippen LogP contribution in [0.15, 0.2) is 0 Å². The lowest BCUT2D eigenvalue weighted by molar-refractivity contribution is -0.190. The number of esters is 2. The Balaban J connectivity index is 4.05. The van der Waals surface area contributed by atoms with Gasteiger partial charge >= 0.3 is 11.9 Å². The third-order valence-electron chi connectivity index (χ3n) is 1.80.